The van der Waals surface area contributed by atoms with Crippen molar-refractivity contribution in [3.63, 3.8) is 0 Å². The van der Waals surface area contributed by atoms with Crippen LogP contribution in [0.2, 0.25) is 0 Å². The fraction of sp³-hybridized carbons (Fsp3) is 0.536. The predicted molar refractivity (Wildman–Crippen MR) is 130 cm³/mol. The molecule has 4 nitrogen and oxygen atoms in total. The number of halogens is 1. The minimum Gasteiger partial charge on any atom is -0.491 e. The number of piperidine rings is 1. The Hall–Kier alpha value is -2.40. The van der Waals surface area contributed by atoms with Gasteiger partial charge in [0.1, 0.15) is 18.2 Å². The summed E-state index contributed by atoms with van der Waals surface area (Å²) in [5.41, 5.74) is 1.96. The summed E-state index contributed by atoms with van der Waals surface area (Å²) in [7, 11) is 0. The molecule has 1 fully saturated rings. The minimum absolute atomic E-state index is 0.140. The molecule has 1 saturated heterocycles. The predicted octanol–water partition coefficient (Wildman–Crippen LogP) is 5.45. The van der Waals surface area contributed by atoms with Gasteiger partial charge in [0.25, 0.3) is 0 Å². The van der Waals surface area contributed by atoms with Gasteiger partial charge in [-0.15, -0.1) is 0 Å². The maximum Gasteiger partial charge on any atom is 0.229 e. The summed E-state index contributed by atoms with van der Waals surface area (Å²) in [5.74, 6) is 1.06. The van der Waals surface area contributed by atoms with Crippen molar-refractivity contribution in [2.45, 2.75) is 65.0 Å². The van der Waals surface area contributed by atoms with Gasteiger partial charge in [0.15, 0.2) is 0 Å². The molecule has 0 radical (unpaired) electrons. The summed E-state index contributed by atoms with van der Waals surface area (Å²) >= 11 is 0. The van der Waals surface area contributed by atoms with Crippen LogP contribution in [0.5, 0.6) is 5.75 Å². The van der Waals surface area contributed by atoms with Crippen molar-refractivity contribution in [3.05, 3.63) is 65.5 Å². The Morgan fingerprint density at radius 2 is 1.79 bits per heavy atom. The lowest BCUT2D eigenvalue weighted by Crippen LogP contribution is -2.53. The summed E-state index contributed by atoms with van der Waals surface area (Å²) < 4.78 is 19.7. The number of fused-ring (bicyclic) bond motifs is 1. The molecule has 0 unspecified atom stereocenters. The lowest BCUT2D eigenvalue weighted by molar-refractivity contribution is -0.148. The van der Waals surface area contributed by atoms with E-state index >= 15 is 0 Å². The maximum absolute atomic E-state index is 13.9. The Morgan fingerprint density at radius 3 is 2.55 bits per heavy atom. The SMILES string of the molecule is CC(C)N1CCOc2ccccc2CCCCC2(CCN(Cc3cccc(F)c3)CC2)C1=O. The van der Waals surface area contributed by atoms with Crippen molar-refractivity contribution in [1.82, 2.24) is 9.80 Å². The second-order valence-electron chi connectivity index (χ2n) is 9.94. The van der Waals surface area contributed by atoms with Gasteiger partial charge < -0.3 is 9.64 Å². The molecule has 2 aromatic carbocycles. The summed E-state index contributed by atoms with van der Waals surface area (Å²) in [4.78, 5) is 18.3. The molecule has 0 saturated carbocycles. The number of ether oxygens (including phenoxy) is 1. The highest BCUT2D eigenvalue weighted by Crippen LogP contribution is 2.40. The Bertz CT molecular complexity index is 937. The van der Waals surface area contributed by atoms with Crippen molar-refractivity contribution in [1.29, 1.82) is 0 Å². The molecule has 0 N–H and O–H groups in total. The van der Waals surface area contributed by atoms with Gasteiger partial charge in [0.05, 0.1) is 12.0 Å². The first-order valence-electron chi connectivity index (χ1n) is 12.5. The lowest BCUT2D eigenvalue weighted by Gasteiger charge is -2.44. The highest BCUT2D eigenvalue weighted by molar-refractivity contribution is 5.83. The zero-order chi connectivity index (χ0) is 23.3. The Balaban J connectivity index is 1.48. The van der Waals surface area contributed by atoms with E-state index < -0.39 is 0 Å². The topological polar surface area (TPSA) is 32.8 Å². The molecular weight excluding hydrogens is 415 g/mol. The first kappa shape index (κ1) is 23.7. The number of rotatable bonds is 3. The van der Waals surface area contributed by atoms with Gasteiger partial charge in [-0.05, 0) is 88.4 Å². The molecule has 33 heavy (non-hydrogen) atoms. The minimum atomic E-state index is -0.304. The molecule has 5 heteroatoms. The van der Waals surface area contributed by atoms with Crippen LogP contribution in [0.3, 0.4) is 0 Å². The third kappa shape index (κ3) is 5.75. The number of hydrogen-bond acceptors (Lipinski definition) is 3. The fourth-order valence-corrected chi connectivity index (χ4v) is 5.39. The molecule has 0 bridgehead atoms. The van der Waals surface area contributed by atoms with Gasteiger partial charge in [0.2, 0.25) is 5.91 Å². The summed E-state index contributed by atoms with van der Waals surface area (Å²) in [5, 5.41) is 0. The van der Waals surface area contributed by atoms with E-state index in [1.807, 2.05) is 23.1 Å². The molecule has 2 aromatic rings. The van der Waals surface area contributed by atoms with Gasteiger partial charge in [-0.3, -0.25) is 9.69 Å². The van der Waals surface area contributed by atoms with Crippen LogP contribution >= 0.6 is 0 Å². The number of aryl methyl sites for hydroxylation is 1. The molecule has 1 amide bonds. The molecule has 0 atom stereocenters. The Morgan fingerprint density at radius 1 is 1.00 bits per heavy atom. The van der Waals surface area contributed by atoms with Crippen LogP contribution in [0, 0.1) is 11.2 Å². The molecule has 178 valence electrons. The number of nitrogens with zero attached hydrogens (tertiary/aromatic N) is 2. The van der Waals surface area contributed by atoms with E-state index in [1.54, 1.807) is 12.1 Å². The van der Waals surface area contributed by atoms with Crippen LogP contribution in [0.25, 0.3) is 0 Å². The average Bonchev–Trinajstić information content (AvgIpc) is 2.80. The van der Waals surface area contributed by atoms with Crippen molar-refractivity contribution >= 4 is 5.91 Å². The maximum atomic E-state index is 13.9. The van der Waals surface area contributed by atoms with E-state index in [1.165, 1.54) is 11.6 Å². The normalized spacial score (nSPS) is 20.1. The third-order valence-electron chi connectivity index (χ3n) is 7.36. The number of benzene rings is 2. The van der Waals surface area contributed by atoms with Crippen molar-refractivity contribution < 1.29 is 13.9 Å². The van der Waals surface area contributed by atoms with Gasteiger partial charge in [0, 0.05) is 12.6 Å². The number of hydrogen-bond donors (Lipinski definition) is 0. The zero-order valence-corrected chi connectivity index (χ0v) is 20.1. The second kappa shape index (κ2) is 10.7. The monoisotopic (exact) mass is 452 g/mol. The highest BCUT2D eigenvalue weighted by Gasteiger charge is 2.43. The van der Waals surface area contributed by atoms with Crippen LogP contribution in [0.1, 0.15) is 57.1 Å². The summed E-state index contributed by atoms with van der Waals surface area (Å²) in [6.07, 6.45) is 5.75. The smallest absolute Gasteiger partial charge is 0.229 e. The summed E-state index contributed by atoms with van der Waals surface area (Å²) in [6.45, 7) is 7.80. The van der Waals surface area contributed by atoms with Crippen LogP contribution in [0.15, 0.2) is 48.5 Å². The number of para-hydroxylation sites is 1. The Kier molecular flexibility index (Phi) is 7.69. The standard InChI is InChI=1S/C28H37FN2O2/c1-22(2)31-18-19-33-26-12-4-3-9-24(26)10-5-6-13-28(27(31)32)14-16-30(17-15-28)21-23-8-7-11-25(29)20-23/h3-4,7-9,11-12,20,22H,5-6,10,13-19,21H2,1-2H3. The fourth-order valence-electron chi connectivity index (χ4n) is 5.39. The van der Waals surface area contributed by atoms with Crippen LogP contribution in [0.4, 0.5) is 4.39 Å². The molecule has 2 aliphatic heterocycles. The van der Waals surface area contributed by atoms with Crippen molar-refractivity contribution in [2.75, 3.05) is 26.2 Å². The average molecular weight is 453 g/mol. The van der Waals surface area contributed by atoms with Crippen LogP contribution in [-0.2, 0) is 17.8 Å². The van der Waals surface area contributed by atoms with Crippen molar-refractivity contribution in [3.8, 4) is 5.75 Å². The first-order chi connectivity index (χ1) is 16.0. The van der Waals surface area contributed by atoms with E-state index in [9.17, 15) is 9.18 Å². The van der Waals surface area contributed by atoms with E-state index in [0.29, 0.717) is 19.1 Å². The first-order valence-corrected chi connectivity index (χ1v) is 12.5. The Labute approximate surface area is 197 Å². The van der Waals surface area contributed by atoms with Gasteiger partial charge >= 0.3 is 0 Å². The number of carbonyl (C=O) groups is 1. The number of carbonyl (C=O) groups excluding carboxylic acids is 1. The highest BCUT2D eigenvalue weighted by atomic mass is 19.1. The van der Waals surface area contributed by atoms with Crippen LogP contribution < -0.4 is 4.74 Å². The van der Waals surface area contributed by atoms with E-state index in [0.717, 1.165) is 69.5 Å². The van der Waals surface area contributed by atoms with Gasteiger partial charge in [-0.25, -0.2) is 4.39 Å². The zero-order valence-electron chi connectivity index (χ0n) is 20.1. The molecule has 0 aromatic heterocycles. The molecule has 1 spiro atoms. The summed E-state index contributed by atoms with van der Waals surface area (Å²) in [6, 6.07) is 15.3. The molecule has 2 aliphatic rings. The van der Waals surface area contributed by atoms with E-state index in [2.05, 4.69) is 30.9 Å². The molecule has 0 aliphatic carbocycles. The van der Waals surface area contributed by atoms with Crippen LogP contribution in [-0.4, -0.2) is 48.0 Å². The number of amides is 1. The number of likely N-dealkylation sites (tertiary alicyclic amines) is 1. The van der Waals surface area contributed by atoms with E-state index in [4.69, 9.17) is 4.74 Å². The molecule has 4 rings (SSSR count). The van der Waals surface area contributed by atoms with Gasteiger partial charge in [-0.1, -0.05) is 36.8 Å². The van der Waals surface area contributed by atoms with Crippen molar-refractivity contribution in [2.24, 2.45) is 5.41 Å². The van der Waals surface area contributed by atoms with E-state index in [-0.39, 0.29) is 17.3 Å². The van der Waals surface area contributed by atoms with Gasteiger partial charge in [-0.2, -0.15) is 0 Å². The molecular formula is C28H37FN2O2. The largest absolute Gasteiger partial charge is 0.491 e. The lowest BCUT2D eigenvalue weighted by atomic mass is 9.72. The second-order valence-corrected chi connectivity index (χ2v) is 9.94. The third-order valence-corrected chi connectivity index (χ3v) is 7.36. The molecule has 2 heterocycles. The quantitative estimate of drug-likeness (QED) is 0.621.